The van der Waals surface area contributed by atoms with Gasteiger partial charge in [0.15, 0.2) is 0 Å². The van der Waals surface area contributed by atoms with Crippen LogP contribution in [0.3, 0.4) is 0 Å². The van der Waals surface area contributed by atoms with Crippen LogP contribution in [0.1, 0.15) is 27.2 Å². The molecule has 0 unspecified atom stereocenters. The molecule has 0 spiro atoms. The normalized spacial score (nSPS) is 12.0. The molecule has 120 valence electrons. The minimum atomic E-state index is -3.49. The Morgan fingerprint density at radius 3 is 2.71 bits per heavy atom. The lowest BCUT2D eigenvalue weighted by Crippen LogP contribution is -2.32. The highest BCUT2D eigenvalue weighted by Crippen LogP contribution is 2.15. The van der Waals surface area contributed by atoms with Crippen LogP contribution in [0.15, 0.2) is 29.4 Å². The summed E-state index contributed by atoms with van der Waals surface area (Å²) in [4.78, 5) is 0.237. The lowest BCUT2D eigenvalue weighted by molar-refractivity contribution is 0.452. The largest absolute Gasteiger partial charge is 0.315 e. The van der Waals surface area contributed by atoms with Crippen molar-refractivity contribution >= 4 is 10.0 Å². The van der Waals surface area contributed by atoms with E-state index in [1.165, 1.54) is 10.5 Å². The van der Waals surface area contributed by atoms with Gasteiger partial charge in [-0.15, -0.1) is 0 Å². The molecule has 1 heterocycles. The summed E-state index contributed by atoms with van der Waals surface area (Å²) in [5, 5.41) is 7.38. The molecule has 0 radical (unpaired) electrons. The Bertz CT molecular complexity index is 551. The maximum Gasteiger partial charge on any atom is 0.246 e. The maximum absolute atomic E-state index is 12.5. The fraction of sp³-hybridized carbons (Fsp3) is 0.643. The van der Waals surface area contributed by atoms with Gasteiger partial charge in [0.1, 0.15) is 4.90 Å². The first-order valence-corrected chi connectivity index (χ1v) is 8.73. The molecule has 0 aliphatic heterocycles. The average Bonchev–Trinajstić information content (AvgIpc) is 2.90. The van der Waals surface area contributed by atoms with Gasteiger partial charge in [0.05, 0.1) is 12.7 Å². The second-order valence-electron chi connectivity index (χ2n) is 5.08. The molecule has 0 bridgehead atoms. The number of nitrogens with zero attached hydrogens (tertiary/aromatic N) is 3. The molecular formula is C14H26N4O2S. The molecule has 7 heteroatoms. The van der Waals surface area contributed by atoms with E-state index in [0.29, 0.717) is 19.6 Å². The van der Waals surface area contributed by atoms with Gasteiger partial charge in [-0.25, -0.2) is 8.42 Å². The average molecular weight is 314 g/mol. The summed E-state index contributed by atoms with van der Waals surface area (Å²) in [6.07, 6.45) is 4.07. The SMILES string of the molecule is C=C(C)CN(CC)S(=O)(=O)c1cnn(CCNCCC)c1. The van der Waals surface area contributed by atoms with Crippen molar-refractivity contribution in [3.8, 4) is 0 Å². The van der Waals surface area contributed by atoms with Crippen LogP contribution < -0.4 is 5.32 Å². The molecular weight excluding hydrogens is 288 g/mol. The van der Waals surface area contributed by atoms with Gasteiger partial charge in [-0.05, 0) is 19.9 Å². The van der Waals surface area contributed by atoms with Crippen molar-refractivity contribution in [2.24, 2.45) is 0 Å². The summed E-state index contributed by atoms with van der Waals surface area (Å²) >= 11 is 0. The van der Waals surface area contributed by atoms with Crippen molar-refractivity contribution < 1.29 is 8.42 Å². The van der Waals surface area contributed by atoms with Crippen molar-refractivity contribution in [1.82, 2.24) is 19.4 Å². The van der Waals surface area contributed by atoms with E-state index in [-0.39, 0.29) is 4.90 Å². The van der Waals surface area contributed by atoms with Gasteiger partial charge in [0, 0.05) is 25.8 Å². The number of hydrogen-bond acceptors (Lipinski definition) is 4. The van der Waals surface area contributed by atoms with Gasteiger partial charge in [-0.3, -0.25) is 4.68 Å². The molecule has 1 aromatic rings. The fourth-order valence-electron chi connectivity index (χ4n) is 1.91. The number of rotatable bonds is 10. The predicted octanol–water partition coefficient (Wildman–Crippen LogP) is 1.47. The number of nitrogens with one attached hydrogen (secondary N) is 1. The molecule has 0 atom stereocenters. The summed E-state index contributed by atoms with van der Waals surface area (Å²) in [7, 11) is -3.49. The molecule has 0 amide bonds. The monoisotopic (exact) mass is 314 g/mol. The maximum atomic E-state index is 12.5. The fourth-order valence-corrected chi connectivity index (χ4v) is 3.38. The van der Waals surface area contributed by atoms with E-state index in [1.807, 2.05) is 13.8 Å². The number of hydrogen-bond donors (Lipinski definition) is 1. The van der Waals surface area contributed by atoms with Crippen molar-refractivity contribution in [3.05, 3.63) is 24.5 Å². The first-order valence-electron chi connectivity index (χ1n) is 7.29. The number of aromatic nitrogens is 2. The van der Waals surface area contributed by atoms with Gasteiger partial charge in [-0.2, -0.15) is 9.40 Å². The van der Waals surface area contributed by atoms with E-state index in [4.69, 9.17) is 0 Å². The highest BCUT2D eigenvalue weighted by molar-refractivity contribution is 7.89. The van der Waals surface area contributed by atoms with Gasteiger partial charge >= 0.3 is 0 Å². The first kappa shape index (κ1) is 17.9. The van der Waals surface area contributed by atoms with Crippen LogP contribution in [0.5, 0.6) is 0 Å². The zero-order valence-corrected chi connectivity index (χ0v) is 14.0. The smallest absolute Gasteiger partial charge is 0.246 e. The van der Waals surface area contributed by atoms with Gasteiger partial charge in [0.25, 0.3) is 0 Å². The van der Waals surface area contributed by atoms with Crippen molar-refractivity contribution in [2.45, 2.75) is 38.6 Å². The summed E-state index contributed by atoms with van der Waals surface area (Å²) in [6.45, 7) is 12.7. The third-order valence-corrected chi connectivity index (χ3v) is 4.86. The minimum absolute atomic E-state index is 0.237. The topological polar surface area (TPSA) is 67.2 Å². The van der Waals surface area contributed by atoms with Crippen molar-refractivity contribution in [2.75, 3.05) is 26.2 Å². The van der Waals surface area contributed by atoms with E-state index in [9.17, 15) is 8.42 Å². The Kier molecular flexibility index (Phi) is 7.07. The van der Waals surface area contributed by atoms with Crippen LogP contribution in [0, 0.1) is 0 Å². The highest BCUT2D eigenvalue weighted by atomic mass is 32.2. The van der Waals surface area contributed by atoms with Crippen molar-refractivity contribution in [1.29, 1.82) is 0 Å². The minimum Gasteiger partial charge on any atom is -0.315 e. The zero-order chi connectivity index (χ0) is 15.9. The molecule has 0 fully saturated rings. The molecule has 0 saturated heterocycles. The summed E-state index contributed by atoms with van der Waals surface area (Å²) < 4.78 is 28.1. The Hall–Kier alpha value is -1.18. The first-order chi connectivity index (χ1) is 9.91. The highest BCUT2D eigenvalue weighted by Gasteiger charge is 2.24. The van der Waals surface area contributed by atoms with E-state index in [2.05, 4.69) is 23.9 Å². The van der Waals surface area contributed by atoms with Gasteiger partial charge < -0.3 is 5.32 Å². The van der Waals surface area contributed by atoms with Crippen LogP contribution in [-0.4, -0.2) is 48.7 Å². The van der Waals surface area contributed by atoms with Crippen LogP contribution in [0.25, 0.3) is 0 Å². The van der Waals surface area contributed by atoms with Crippen LogP contribution in [-0.2, 0) is 16.6 Å². The van der Waals surface area contributed by atoms with Crippen LogP contribution >= 0.6 is 0 Å². The molecule has 1 N–H and O–H groups in total. The number of sulfonamides is 1. The molecule has 0 aliphatic rings. The predicted molar refractivity (Wildman–Crippen MR) is 84.6 cm³/mol. The Morgan fingerprint density at radius 1 is 1.43 bits per heavy atom. The summed E-state index contributed by atoms with van der Waals surface area (Å²) in [5.41, 5.74) is 0.816. The van der Waals surface area contributed by atoms with Gasteiger partial charge in [0.2, 0.25) is 10.0 Å². The van der Waals surface area contributed by atoms with E-state index in [1.54, 1.807) is 10.9 Å². The molecule has 1 aromatic heterocycles. The standard InChI is InChI=1S/C14H26N4O2S/c1-5-7-15-8-9-17-12-14(10-16-17)21(19,20)18(6-2)11-13(3)4/h10,12,15H,3,5-9,11H2,1-2,4H3. The molecule has 21 heavy (non-hydrogen) atoms. The van der Waals surface area contributed by atoms with Crippen LogP contribution in [0.4, 0.5) is 0 Å². The lowest BCUT2D eigenvalue weighted by Gasteiger charge is -2.19. The molecule has 0 saturated carbocycles. The van der Waals surface area contributed by atoms with Gasteiger partial charge in [-0.1, -0.05) is 26.0 Å². The molecule has 0 aromatic carbocycles. The Balaban J connectivity index is 2.75. The van der Waals surface area contributed by atoms with Crippen LogP contribution in [0.2, 0.25) is 0 Å². The Morgan fingerprint density at radius 2 is 2.14 bits per heavy atom. The molecule has 6 nitrogen and oxygen atoms in total. The summed E-state index contributed by atoms with van der Waals surface area (Å²) in [5.74, 6) is 0. The molecule has 0 aliphatic carbocycles. The second kappa shape index (κ2) is 8.31. The third kappa shape index (κ3) is 5.26. The van der Waals surface area contributed by atoms with E-state index >= 15 is 0 Å². The third-order valence-electron chi connectivity index (χ3n) is 2.99. The van der Waals surface area contributed by atoms with E-state index in [0.717, 1.165) is 25.1 Å². The molecule has 1 rings (SSSR count). The summed E-state index contributed by atoms with van der Waals surface area (Å²) in [6, 6.07) is 0. The number of likely N-dealkylation sites (N-methyl/N-ethyl adjacent to an activating group) is 1. The van der Waals surface area contributed by atoms with E-state index < -0.39 is 10.0 Å². The lowest BCUT2D eigenvalue weighted by atomic mass is 10.3. The Labute approximate surface area is 127 Å². The second-order valence-corrected chi connectivity index (χ2v) is 7.02. The quantitative estimate of drug-likeness (QED) is 0.524. The van der Waals surface area contributed by atoms with Crippen molar-refractivity contribution in [3.63, 3.8) is 0 Å². The zero-order valence-electron chi connectivity index (χ0n) is 13.2.